The maximum Gasteiger partial charge on any atom is 0.343 e. The minimum Gasteiger partial charge on any atom is -0.491 e. The van der Waals surface area contributed by atoms with Gasteiger partial charge in [-0.2, -0.15) is 0 Å². The van der Waals surface area contributed by atoms with E-state index in [9.17, 15) is 38.4 Å². The van der Waals surface area contributed by atoms with Crippen LogP contribution in [0.5, 0.6) is 23.0 Å². The largest absolute Gasteiger partial charge is 0.491 e. The molecule has 2 amide bonds. The first-order valence-electron chi connectivity index (χ1n) is 27.1. The summed E-state index contributed by atoms with van der Waals surface area (Å²) in [5.74, 6) is -7.16. The van der Waals surface area contributed by atoms with Crippen molar-refractivity contribution in [2.75, 3.05) is 39.6 Å². The molecule has 0 bridgehead atoms. The van der Waals surface area contributed by atoms with Gasteiger partial charge in [-0.25, -0.2) is 29.2 Å². The molecule has 86 heavy (non-hydrogen) atoms. The van der Waals surface area contributed by atoms with Gasteiger partial charge in [0.1, 0.15) is 70.7 Å². The minimum absolute atomic E-state index is 0.00742. The van der Waals surface area contributed by atoms with Gasteiger partial charge in [-0.3, -0.25) is 19.2 Å². The van der Waals surface area contributed by atoms with Crippen LogP contribution in [0.15, 0.2) is 94.9 Å². The first-order valence-corrected chi connectivity index (χ1v) is 27.1. The fourth-order valence-corrected chi connectivity index (χ4v) is 7.14. The van der Waals surface area contributed by atoms with Gasteiger partial charge in [0.15, 0.2) is 11.9 Å². The zero-order valence-corrected chi connectivity index (χ0v) is 50.4. The van der Waals surface area contributed by atoms with E-state index in [1.54, 1.807) is 83.1 Å². The lowest BCUT2D eigenvalue weighted by Gasteiger charge is -2.26. The number of aliphatic imine (C=N–C) groups is 2. The fraction of sp³-hybridized carbons (Fsp3) is 0.433. The van der Waals surface area contributed by atoms with Crippen molar-refractivity contribution in [3.05, 3.63) is 107 Å². The van der Waals surface area contributed by atoms with Crippen molar-refractivity contribution < 1.29 is 85.7 Å². The van der Waals surface area contributed by atoms with E-state index in [1.165, 1.54) is 84.9 Å². The number of amides is 2. The topological polar surface area (TPSA) is 382 Å². The Morgan fingerprint density at radius 3 is 1.01 bits per heavy atom. The Labute approximate surface area is 498 Å². The van der Waals surface area contributed by atoms with E-state index in [4.69, 9.17) is 70.3 Å². The highest BCUT2D eigenvalue weighted by Gasteiger charge is 2.33. The van der Waals surface area contributed by atoms with Crippen LogP contribution in [0.4, 0.5) is 11.4 Å². The minimum atomic E-state index is -1.48. The van der Waals surface area contributed by atoms with Gasteiger partial charge in [-0.15, -0.1) is 0 Å². The second-order valence-corrected chi connectivity index (χ2v) is 23.0. The molecule has 0 saturated heterocycles. The standard InChI is InChI=1S/C60H78N8O18/c1-57(2,3)83-47(69)33-45(53(75)85-59(7,8)9)67-49(71)37-27-41(31-43(29-37)81-51(73)35-13-17-39(18-14-35)65-55(61)62)79-25-23-77-21-22-78-24-26-80-42-28-38(30-44(32-42)82-52(74)36-15-19-40(20-16-36)66-56(63)64)50(72)68-46(54(76)86-60(10,11)12)34-48(70)84-58(4,5)6/h13-20,27-32,45-46H,21-26,33-34H2,1-12H3,(H,67,71)(H,68,72)(H4,61,62,65)(H4,63,64,66)/t45-,46-/m1/s1. The molecule has 0 spiro atoms. The van der Waals surface area contributed by atoms with Crippen molar-refractivity contribution in [2.24, 2.45) is 32.9 Å². The van der Waals surface area contributed by atoms with Crippen LogP contribution in [0.2, 0.25) is 0 Å². The Morgan fingerprint density at radius 2 is 0.709 bits per heavy atom. The first kappa shape index (κ1) is 69.2. The van der Waals surface area contributed by atoms with Gasteiger partial charge >= 0.3 is 35.8 Å². The van der Waals surface area contributed by atoms with Crippen LogP contribution in [-0.4, -0.2) is 134 Å². The first-order chi connectivity index (χ1) is 40.0. The molecule has 0 saturated carbocycles. The molecule has 0 aliphatic heterocycles. The molecule has 0 aliphatic carbocycles. The summed E-state index contributed by atoms with van der Waals surface area (Å²) >= 11 is 0. The zero-order chi connectivity index (χ0) is 64.2. The van der Waals surface area contributed by atoms with Crippen molar-refractivity contribution in [2.45, 2.75) is 130 Å². The number of ether oxygens (including phenoxy) is 10. The van der Waals surface area contributed by atoms with Crippen LogP contribution in [-0.2, 0) is 47.6 Å². The number of nitrogens with two attached hydrogens (primary N) is 4. The van der Waals surface area contributed by atoms with Crippen molar-refractivity contribution >= 4 is 70.9 Å². The molecule has 4 aromatic rings. The van der Waals surface area contributed by atoms with Crippen LogP contribution in [0.1, 0.15) is 137 Å². The number of guanidine groups is 2. The normalized spacial score (nSPS) is 12.2. The van der Waals surface area contributed by atoms with E-state index in [-0.39, 0.29) is 96.8 Å². The molecule has 0 radical (unpaired) electrons. The maximum absolute atomic E-state index is 13.9. The second kappa shape index (κ2) is 31.0. The summed E-state index contributed by atoms with van der Waals surface area (Å²) in [5.41, 5.74) is 18.9. The van der Waals surface area contributed by atoms with E-state index >= 15 is 0 Å². The van der Waals surface area contributed by atoms with Crippen LogP contribution in [0, 0.1) is 0 Å². The second-order valence-electron chi connectivity index (χ2n) is 23.0. The summed E-state index contributed by atoms with van der Waals surface area (Å²) in [5, 5.41) is 5.08. The molecule has 0 fully saturated rings. The number of nitrogens with one attached hydrogen (secondary N) is 2. The fourth-order valence-electron chi connectivity index (χ4n) is 7.14. The lowest BCUT2D eigenvalue weighted by molar-refractivity contribution is -0.164. The number of hydrogen-bond donors (Lipinski definition) is 6. The molecule has 0 aromatic heterocycles. The smallest absolute Gasteiger partial charge is 0.343 e. The predicted molar refractivity (Wildman–Crippen MR) is 314 cm³/mol. The van der Waals surface area contributed by atoms with Gasteiger partial charge in [-0.05, 0) is 156 Å². The van der Waals surface area contributed by atoms with Gasteiger partial charge < -0.3 is 80.9 Å². The molecule has 0 aliphatic rings. The van der Waals surface area contributed by atoms with Crippen molar-refractivity contribution in [3.8, 4) is 23.0 Å². The van der Waals surface area contributed by atoms with Crippen LogP contribution in [0.3, 0.4) is 0 Å². The highest BCUT2D eigenvalue weighted by Crippen LogP contribution is 2.28. The summed E-state index contributed by atoms with van der Waals surface area (Å²) in [7, 11) is 0. The van der Waals surface area contributed by atoms with Gasteiger partial charge in [0, 0.05) is 23.3 Å². The molecule has 4 aromatic carbocycles. The van der Waals surface area contributed by atoms with Crippen LogP contribution >= 0.6 is 0 Å². The van der Waals surface area contributed by atoms with E-state index < -0.39 is 95.0 Å². The summed E-state index contributed by atoms with van der Waals surface area (Å²) in [6, 6.07) is 16.6. The van der Waals surface area contributed by atoms with Crippen molar-refractivity contribution in [3.63, 3.8) is 0 Å². The Bertz CT molecular complexity index is 2880. The van der Waals surface area contributed by atoms with Gasteiger partial charge in [-0.1, -0.05) is 0 Å². The number of carbonyl (C=O) groups is 8. The molecule has 26 nitrogen and oxygen atoms in total. The highest BCUT2D eigenvalue weighted by molar-refractivity contribution is 6.00. The molecule has 0 unspecified atom stereocenters. The number of benzene rings is 4. The molecule has 10 N–H and O–H groups in total. The number of nitrogens with zero attached hydrogens (tertiary/aromatic N) is 2. The predicted octanol–water partition coefficient (Wildman–Crippen LogP) is 5.77. The number of carbonyl (C=O) groups excluding carboxylic acids is 8. The lowest BCUT2D eigenvalue weighted by Crippen LogP contribution is -2.46. The number of rotatable bonds is 27. The summed E-state index contributed by atoms with van der Waals surface area (Å²) in [4.78, 5) is 115. The number of esters is 6. The van der Waals surface area contributed by atoms with E-state index in [1.807, 2.05) is 0 Å². The third kappa shape index (κ3) is 26.5. The average Bonchev–Trinajstić information content (AvgIpc) is 2.19. The molecular formula is C60H78N8O18. The monoisotopic (exact) mass is 1200 g/mol. The molecule has 26 heteroatoms. The average molecular weight is 1200 g/mol. The third-order valence-corrected chi connectivity index (χ3v) is 10.4. The molecule has 4 rings (SSSR count). The quantitative estimate of drug-likeness (QED) is 0.0103. The van der Waals surface area contributed by atoms with E-state index in [0.717, 1.165) is 0 Å². The Balaban J connectivity index is 1.45. The SMILES string of the molecule is CC(C)(C)OC(=O)C[C@@H](NC(=O)c1cc(OCCOCCOCCOc2cc(OC(=O)c3ccc(N=C(N)N)cc3)cc(C(=O)N[C@H](CC(=O)OC(C)(C)C)C(=O)OC(C)(C)C)c2)cc(OC(=O)c2ccc(N=C(N)N)cc2)c1)C(=O)OC(C)(C)C. The van der Waals surface area contributed by atoms with Crippen LogP contribution in [0.25, 0.3) is 0 Å². The van der Waals surface area contributed by atoms with E-state index in [0.29, 0.717) is 11.4 Å². The number of hydrogen-bond acceptors (Lipinski definition) is 20. The summed E-state index contributed by atoms with van der Waals surface area (Å²) in [6.07, 6.45) is -1.12. The molecule has 2 atom stereocenters. The van der Waals surface area contributed by atoms with Gasteiger partial charge in [0.25, 0.3) is 11.8 Å². The van der Waals surface area contributed by atoms with Crippen LogP contribution < -0.4 is 52.5 Å². The molecule has 0 heterocycles. The zero-order valence-electron chi connectivity index (χ0n) is 50.4. The summed E-state index contributed by atoms with van der Waals surface area (Å²) < 4.78 is 56.4. The Hall–Kier alpha value is -9.30. The lowest BCUT2D eigenvalue weighted by atomic mass is 10.1. The highest BCUT2D eigenvalue weighted by atomic mass is 16.6. The Kier molecular flexibility index (Phi) is 25.0. The molecular weight excluding hydrogens is 1120 g/mol. The molecule has 466 valence electrons. The van der Waals surface area contributed by atoms with Crippen molar-refractivity contribution in [1.82, 2.24) is 10.6 Å². The Morgan fingerprint density at radius 1 is 0.407 bits per heavy atom. The third-order valence-electron chi connectivity index (χ3n) is 10.4. The van der Waals surface area contributed by atoms with Crippen molar-refractivity contribution in [1.29, 1.82) is 0 Å². The maximum atomic E-state index is 13.9. The van der Waals surface area contributed by atoms with Gasteiger partial charge in [0.2, 0.25) is 0 Å². The van der Waals surface area contributed by atoms with Gasteiger partial charge in [0.05, 0.1) is 61.8 Å². The summed E-state index contributed by atoms with van der Waals surface area (Å²) in [6.45, 7) is 19.7. The van der Waals surface area contributed by atoms with E-state index in [2.05, 4.69) is 20.6 Å².